The first-order valence-corrected chi connectivity index (χ1v) is 5.80. The van der Waals surface area contributed by atoms with Crippen LogP contribution in [0.5, 0.6) is 0 Å². The van der Waals surface area contributed by atoms with E-state index in [0.717, 1.165) is 12.2 Å². The number of hydrogen-bond acceptors (Lipinski definition) is 1. The lowest BCUT2D eigenvalue weighted by Gasteiger charge is -2.39. The highest BCUT2D eigenvalue weighted by Crippen LogP contribution is 2.45. The highest BCUT2D eigenvalue weighted by Gasteiger charge is 2.34. The van der Waals surface area contributed by atoms with Crippen molar-refractivity contribution >= 4 is 0 Å². The zero-order valence-corrected chi connectivity index (χ0v) is 10.8. The third kappa shape index (κ3) is 3.40. The van der Waals surface area contributed by atoms with Gasteiger partial charge in [-0.15, -0.1) is 0 Å². The van der Waals surface area contributed by atoms with E-state index in [1.54, 1.807) is 0 Å². The molecule has 0 N–H and O–H groups in total. The van der Waals surface area contributed by atoms with Crippen LogP contribution in [0.1, 0.15) is 47.5 Å². The Morgan fingerprint density at radius 1 is 1.40 bits per heavy atom. The zero-order valence-electron chi connectivity index (χ0n) is 10.8. The van der Waals surface area contributed by atoms with Crippen LogP contribution in [0.2, 0.25) is 0 Å². The van der Waals surface area contributed by atoms with Crippen LogP contribution < -0.4 is 0 Å². The number of hydrogen-bond donors (Lipinski definition) is 0. The molecule has 86 valence electrons. The Morgan fingerprint density at radius 3 is 2.47 bits per heavy atom. The molecule has 0 spiro atoms. The topological polar surface area (TPSA) is 9.23 Å². The number of ether oxygens (including phenoxy) is 1. The molecule has 0 fully saturated rings. The van der Waals surface area contributed by atoms with Crippen molar-refractivity contribution in [3.63, 3.8) is 0 Å². The molecule has 1 nitrogen and oxygen atoms in total. The van der Waals surface area contributed by atoms with Crippen LogP contribution in [0.25, 0.3) is 0 Å². The highest BCUT2D eigenvalue weighted by atomic mass is 16.5. The maximum atomic E-state index is 5.51. The monoisotopic (exact) mass is 208 g/mol. The van der Waals surface area contributed by atoms with Crippen molar-refractivity contribution < 1.29 is 4.74 Å². The summed E-state index contributed by atoms with van der Waals surface area (Å²) < 4.78 is 5.51. The average molecular weight is 208 g/mol. The second-order valence-corrected chi connectivity index (χ2v) is 6.03. The molecule has 0 aromatic heterocycles. The zero-order chi connectivity index (χ0) is 11.7. The molecule has 1 aliphatic rings. The first-order chi connectivity index (χ1) is 6.76. The first-order valence-electron chi connectivity index (χ1n) is 5.80. The lowest BCUT2D eigenvalue weighted by molar-refractivity contribution is 0.191. The lowest BCUT2D eigenvalue weighted by atomic mass is 9.66. The van der Waals surface area contributed by atoms with Crippen LogP contribution >= 0.6 is 0 Å². The maximum absolute atomic E-state index is 5.51. The third-order valence-corrected chi connectivity index (χ3v) is 2.84. The second-order valence-electron chi connectivity index (χ2n) is 6.03. The molecular formula is C14H24O. The van der Waals surface area contributed by atoms with Gasteiger partial charge in [0.05, 0.1) is 6.61 Å². The Hall–Kier alpha value is -0.720. The van der Waals surface area contributed by atoms with Crippen LogP contribution in [0.3, 0.4) is 0 Å². The predicted molar refractivity (Wildman–Crippen MR) is 65.6 cm³/mol. The fourth-order valence-corrected chi connectivity index (χ4v) is 2.83. The summed E-state index contributed by atoms with van der Waals surface area (Å²) in [5.74, 6) is 0.860. The number of allylic oxidation sites excluding steroid dienone is 2. The summed E-state index contributed by atoms with van der Waals surface area (Å²) in [6.07, 6.45) is 4.63. The molecule has 0 amide bonds. The van der Waals surface area contributed by atoms with Gasteiger partial charge in [-0.3, -0.25) is 0 Å². The Kier molecular flexibility index (Phi) is 3.32. The van der Waals surface area contributed by atoms with E-state index in [9.17, 15) is 0 Å². The minimum absolute atomic E-state index is 0.261. The summed E-state index contributed by atoms with van der Waals surface area (Å²) in [5, 5.41) is 0. The molecular weight excluding hydrogens is 184 g/mol. The summed E-state index contributed by atoms with van der Waals surface area (Å²) in [4.78, 5) is 0. The molecule has 1 aliphatic carbocycles. The van der Waals surface area contributed by atoms with E-state index in [1.165, 1.54) is 12.0 Å². The molecule has 0 unspecified atom stereocenters. The molecule has 0 aromatic carbocycles. The molecule has 0 heterocycles. The van der Waals surface area contributed by atoms with Crippen LogP contribution in [-0.2, 0) is 4.74 Å². The van der Waals surface area contributed by atoms with Gasteiger partial charge in [-0.25, -0.2) is 0 Å². The summed E-state index contributed by atoms with van der Waals surface area (Å²) >= 11 is 0. The summed E-state index contributed by atoms with van der Waals surface area (Å²) in [7, 11) is 0. The van der Waals surface area contributed by atoms with Gasteiger partial charge in [0, 0.05) is 0 Å². The maximum Gasteiger partial charge on any atom is 0.115 e. The summed E-state index contributed by atoms with van der Waals surface area (Å²) in [5.41, 5.74) is 1.91. The van der Waals surface area contributed by atoms with Crippen molar-refractivity contribution in [2.45, 2.75) is 47.5 Å². The van der Waals surface area contributed by atoms with Crippen LogP contribution in [0.15, 0.2) is 24.0 Å². The van der Waals surface area contributed by atoms with E-state index < -0.39 is 0 Å². The number of rotatable bonds is 3. The molecule has 1 rings (SSSR count). The van der Waals surface area contributed by atoms with Gasteiger partial charge in [0.2, 0.25) is 0 Å². The SMILES string of the molecule is C=C(OCC)C1=CC(C)(C)CC(C)(C)C1. The Bertz CT molecular complexity index is 282. The quantitative estimate of drug-likeness (QED) is 0.628. The van der Waals surface area contributed by atoms with Crippen molar-refractivity contribution in [2.24, 2.45) is 10.8 Å². The minimum atomic E-state index is 0.261. The molecule has 0 saturated heterocycles. The molecule has 15 heavy (non-hydrogen) atoms. The Morgan fingerprint density at radius 2 is 2.00 bits per heavy atom. The van der Waals surface area contributed by atoms with E-state index in [1.807, 2.05) is 6.92 Å². The van der Waals surface area contributed by atoms with Gasteiger partial charge in [0.15, 0.2) is 0 Å². The Labute approximate surface area is 94.2 Å². The van der Waals surface area contributed by atoms with Crippen molar-refractivity contribution in [1.29, 1.82) is 0 Å². The van der Waals surface area contributed by atoms with Crippen LogP contribution in [-0.4, -0.2) is 6.61 Å². The normalized spacial score (nSPS) is 23.1. The molecule has 0 aromatic rings. The second kappa shape index (κ2) is 4.03. The van der Waals surface area contributed by atoms with Crippen LogP contribution in [0, 0.1) is 10.8 Å². The van der Waals surface area contributed by atoms with E-state index >= 15 is 0 Å². The molecule has 0 radical (unpaired) electrons. The van der Waals surface area contributed by atoms with Crippen molar-refractivity contribution in [3.05, 3.63) is 24.0 Å². The largest absolute Gasteiger partial charge is 0.494 e. The first kappa shape index (κ1) is 12.4. The van der Waals surface area contributed by atoms with Crippen molar-refractivity contribution in [2.75, 3.05) is 6.61 Å². The van der Waals surface area contributed by atoms with E-state index in [0.29, 0.717) is 12.0 Å². The predicted octanol–water partition coefficient (Wildman–Crippen LogP) is 4.31. The van der Waals surface area contributed by atoms with Gasteiger partial charge < -0.3 is 4.74 Å². The van der Waals surface area contributed by atoms with Gasteiger partial charge >= 0.3 is 0 Å². The van der Waals surface area contributed by atoms with Crippen LogP contribution in [0.4, 0.5) is 0 Å². The minimum Gasteiger partial charge on any atom is -0.494 e. The molecule has 0 aliphatic heterocycles. The Balaban J connectivity index is 2.89. The average Bonchev–Trinajstić information content (AvgIpc) is 1.98. The van der Waals surface area contributed by atoms with Gasteiger partial charge in [-0.05, 0) is 36.2 Å². The smallest absolute Gasteiger partial charge is 0.115 e. The fraction of sp³-hybridized carbons (Fsp3) is 0.714. The van der Waals surface area contributed by atoms with E-state index in [2.05, 4.69) is 40.3 Å². The van der Waals surface area contributed by atoms with E-state index in [-0.39, 0.29) is 5.41 Å². The molecule has 0 atom stereocenters. The van der Waals surface area contributed by atoms with Crippen molar-refractivity contribution in [1.82, 2.24) is 0 Å². The van der Waals surface area contributed by atoms with Gasteiger partial charge in [0.1, 0.15) is 5.76 Å². The van der Waals surface area contributed by atoms with Gasteiger partial charge in [-0.2, -0.15) is 0 Å². The van der Waals surface area contributed by atoms with Gasteiger partial charge in [-0.1, -0.05) is 40.3 Å². The lowest BCUT2D eigenvalue weighted by Crippen LogP contribution is -2.27. The highest BCUT2D eigenvalue weighted by molar-refractivity contribution is 5.29. The van der Waals surface area contributed by atoms with Crippen molar-refractivity contribution in [3.8, 4) is 0 Å². The van der Waals surface area contributed by atoms with E-state index in [4.69, 9.17) is 4.74 Å². The fourth-order valence-electron chi connectivity index (χ4n) is 2.83. The standard InChI is InChI=1S/C14H24O/c1-7-15-11(2)12-8-13(3,4)10-14(5,6)9-12/h8H,2,7,9-10H2,1,3-6H3. The molecule has 0 bridgehead atoms. The molecule has 1 heteroatoms. The van der Waals surface area contributed by atoms with Gasteiger partial charge in [0.25, 0.3) is 0 Å². The summed E-state index contributed by atoms with van der Waals surface area (Å²) in [6.45, 7) is 15.9. The third-order valence-electron chi connectivity index (χ3n) is 2.84. The summed E-state index contributed by atoms with van der Waals surface area (Å²) in [6, 6.07) is 0. The molecule has 0 saturated carbocycles.